The predicted octanol–water partition coefficient (Wildman–Crippen LogP) is 3.20. The topological polar surface area (TPSA) is 15.3 Å². The molecule has 1 unspecified atom stereocenters. The summed E-state index contributed by atoms with van der Waals surface area (Å²) in [7, 11) is 3.66. The van der Waals surface area contributed by atoms with Crippen LogP contribution in [0, 0.1) is 0 Å². The lowest BCUT2D eigenvalue weighted by Gasteiger charge is -2.21. The molecule has 1 aromatic carbocycles. The fourth-order valence-electron chi connectivity index (χ4n) is 2.32. The number of halogens is 3. The van der Waals surface area contributed by atoms with Crippen LogP contribution in [-0.2, 0) is 6.18 Å². The highest BCUT2D eigenvalue weighted by Gasteiger charge is 2.36. The second-order valence-electron chi connectivity index (χ2n) is 4.81. The van der Waals surface area contributed by atoms with E-state index in [9.17, 15) is 13.2 Å². The van der Waals surface area contributed by atoms with Crippen LogP contribution in [0.25, 0.3) is 0 Å². The highest BCUT2D eigenvalue weighted by molar-refractivity contribution is 5.51. The van der Waals surface area contributed by atoms with Gasteiger partial charge in [-0.15, -0.1) is 0 Å². The van der Waals surface area contributed by atoms with Gasteiger partial charge >= 0.3 is 6.18 Å². The summed E-state index contributed by atoms with van der Waals surface area (Å²) >= 11 is 0. The fraction of sp³-hybridized carbons (Fsp3) is 0.538. The third-order valence-electron chi connectivity index (χ3n) is 3.29. The summed E-state index contributed by atoms with van der Waals surface area (Å²) in [6.45, 7) is 0.786. The number of rotatable bonds is 2. The van der Waals surface area contributed by atoms with Gasteiger partial charge in [-0.1, -0.05) is 0 Å². The molecule has 2 rings (SSSR count). The Morgan fingerprint density at radius 3 is 2.50 bits per heavy atom. The number of benzene rings is 1. The molecule has 1 atom stereocenters. The van der Waals surface area contributed by atoms with Crippen LogP contribution in [0.15, 0.2) is 18.2 Å². The first-order chi connectivity index (χ1) is 8.39. The maximum atomic E-state index is 13.0. The summed E-state index contributed by atoms with van der Waals surface area (Å²) in [6, 6.07) is 4.17. The van der Waals surface area contributed by atoms with E-state index in [1.54, 1.807) is 6.07 Å². The number of nitrogens with one attached hydrogen (secondary N) is 1. The van der Waals surface area contributed by atoms with Crippen molar-refractivity contribution in [2.45, 2.75) is 25.1 Å². The molecule has 0 amide bonds. The molecule has 100 valence electrons. The number of nitrogens with zero attached hydrogens (tertiary/aromatic N) is 1. The Labute approximate surface area is 105 Å². The Kier molecular flexibility index (Phi) is 3.52. The Balaban J connectivity index is 2.46. The second-order valence-corrected chi connectivity index (χ2v) is 4.81. The minimum Gasteiger partial charge on any atom is -0.378 e. The van der Waals surface area contributed by atoms with Crippen molar-refractivity contribution in [2.24, 2.45) is 0 Å². The molecule has 0 saturated carbocycles. The lowest BCUT2D eigenvalue weighted by atomic mass is 9.97. The maximum Gasteiger partial charge on any atom is 0.416 e. The van der Waals surface area contributed by atoms with Gasteiger partial charge in [0.15, 0.2) is 0 Å². The van der Waals surface area contributed by atoms with Crippen LogP contribution in [0.1, 0.15) is 30.0 Å². The smallest absolute Gasteiger partial charge is 0.378 e. The van der Waals surface area contributed by atoms with Gasteiger partial charge in [0.1, 0.15) is 0 Å². The molecule has 0 radical (unpaired) electrons. The summed E-state index contributed by atoms with van der Waals surface area (Å²) < 4.78 is 39.0. The first-order valence-corrected chi connectivity index (χ1v) is 6.01. The van der Waals surface area contributed by atoms with E-state index in [0.29, 0.717) is 5.56 Å². The van der Waals surface area contributed by atoms with Crippen LogP contribution in [-0.4, -0.2) is 20.6 Å². The minimum absolute atomic E-state index is 0.179. The van der Waals surface area contributed by atoms with E-state index < -0.39 is 11.7 Å². The highest BCUT2D eigenvalue weighted by atomic mass is 19.4. The van der Waals surface area contributed by atoms with Gasteiger partial charge in [-0.2, -0.15) is 13.2 Å². The molecule has 1 saturated heterocycles. The van der Waals surface area contributed by atoms with Gasteiger partial charge in [0, 0.05) is 25.8 Å². The standard InChI is InChI=1S/C13H17F3N2/c1-18(2)9-5-6-11(13(14,15)16)10(8-9)12-4-3-7-17-12/h5-6,8,12,17H,3-4,7H2,1-2H3. The zero-order chi connectivity index (χ0) is 13.3. The molecule has 0 spiro atoms. The SMILES string of the molecule is CN(C)c1ccc(C(F)(F)F)c(C2CCCN2)c1. The molecule has 1 aliphatic rings. The van der Waals surface area contributed by atoms with Gasteiger partial charge in [-0.25, -0.2) is 0 Å². The van der Waals surface area contributed by atoms with E-state index in [-0.39, 0.29) is 6.04 Å². The molecule has 18 heavy (non-hydrogen) atoms. The molecule has 1 aliphatic heterocycles. The predicted molar refractivity (Wildman–Crippen MR) is 65.7 cm³/mol. The Bertz CT molecular complexity index is 421. The van der Waals surface area contributed by atoms with E-state index in [0.717, 1.165) is 25.1 Å². The van der Waals surface area contributed by atoms with Crippen molar-refractivity contribution in [2.75, 3.05) is 25.5 Å². The van der Waals surface area contributed by atoms with Crippen LogP contribution in [0.2, 0.25) is 0 Å². The molecule has 1 heterocycles. The monoisotopic (exact) mass is 258 g/mol. The zero-order valence-electron chi connectivity index (χ0n) is 10.5. The highest BCUT2D eigenvalue weighted by Crippen LogP contribution is 2.38. The quantitative estimate of drug-likeness (QED) is 0.876. The minimum atomic E-state index is -4.29. The molecule has 1 fully saturated rings. The number of hydrogen-bond donors (Lipinski definition) is 1. The molecule has 0 bridgehead atoms. The molecular formula is C13H17F3N2. The van der Waals surface area contributed by atoms with E-state index in [1.165, 1.54) is 12.1 Å². The van der Waals surface area contributed by atoms with Crippen molar-refractivity contribution >= 4 is 5.69 Å². The average molecular weight is 258 g/mol. The molecular weight excluding hydrogens is 241 g/mol. The van der Waals surface area contributed by atoms with Crippen LogP contribution < -0.4 is 10.2 Å². The Morgan fingerprint density at radius 2 is 2.00 bits per heavy atom. The van der Waals surface area contributed by atoms with Gasteiger partial charge in [0.2, 0.25) is 0 Å². The summed E-state index contributed by atoms with van der Waals surface area (Å²) in [5.41, 5.74) is 0.644. The molecule has 0 aromatic heterocycles. The summed E-state index contributed by atoms with van der Waals surface area (Å²) in [5.74, 6) is 0. The van der Waals surface area contributed by atoms with Crippen LogP contribution in [0.3, 0.4) is 0 Å². The second kappa shape index (κ2) is 4.80. The molecule has 1 aromatic rings. The van der Waals surface area contributed by atoms with Crippen LogP contribution >= 0.6 is 0 Å². The average Bonchev–Trinajstić information content (AvgIpc) is 2.80. The van der Waals surface area contributed by atoms with Crippen LogP contribution in [0.5, 0.6) is 0 Å². The third-order valence-corrected chi connectivity index (χ3v) is 3.29. The van der Waals surface area contributed by atoms with Crippen molar-refractivity contribution in [3.8, 4) is 0 Å². The number of hydrogen-bond acceptors (Lipinski definition) is 2. The van der Waals surface area contributed by atoms with E-state index in [4.69, 9.17) is 0 Å². The molecule has 0 aliphatic carbocycles. The summed E-state index contributed by atoms with van der Waals surface area (Å²) in [6.07, 6.45) is -2.60. The van der Waals surface area contributed by atoms with E-state index in [1.807, 2.05) is 19.0 Å². The number of alkyl halides is 3. The van der Waals surface area contributed by atoms with Gasteiger partial charge in [-0.3, -0.25) is 0 Å². The third kappa shape index (κ3) is 2.61. The number of anilines is 1. The maximum absolute atomic E-state index is 13.0. The van der Waals surface area contributed by atoms with Gasteiger partial charge in [0.25, 0.3) is 0 Å². The lowest BCUT2D eigenvalue weighted by Crippen LogP contribution is -2.20. The zero-order valence-corrected chi connectivity index (χ0v) is 10.5. The van der Waals surface area contributed by atoms with Crippen molar-refractivity contribution in [1.82, 2.24) is 5.32 Å². The van der Waals surface area contributed by atoms with Crippen LogP contribution in [0.4, 0.5) is 18.9 Å². The summed E-state index contributed by atoms with van der Waals surface area (Å²) in [5, 5.41) is 3.13. The van der Waals surface area contributed by atoms with Gasteiger partial charge in [-0.05, 0) is 43.1 Å². The van der Waals surface area contributed by atoms with Gasteiger partial charge < -0.3 is 10.2 Å². The van der Waals surface area contributed by atoms with Gasteiger partial charge in [0.05, 0.1) is 5.56 Å². The lowest BCUT2D eigenvalue weighted by molar-refractivity contribution is -0.138. The first kappa shape index (κ1) is 13.2. The van der Waals surface area contributed by atoms with Crippen molar-refractivity contribution < 1.29 is 13.2 Å². The van der Waals surface area contributed by atoms with E-state index >= 15 is 0 Å². The Hall–Kier alpha value is -1.23. The van der Waals surface area contributed by atoms with Crippen molar-refractivity contribution in [1.29, 1.82) is 0 Å². The molecule has 2 nitrogen and oxygen atoms in total. The fourth-order valence-corrected chi connectivity index (χ4v) is 2.32. The normalized spacial score (nSPS) is 20.2. The van der Waals surface area contributed by atoms with Crippen molar-refractivity contribution in [3.63, 3.8) is 0 Å². The first-order valence-electron chi connectivity index (χ1n) is 6.01. The Morgan fingerprint density at radius 1 is 1.28 bits per heavy atom. The largest absolute Gasteiger partial charge is 0.416 e. The summed E-state index contributed by atoms with van der Waals surface area (Å²) in [4.78, 5) is 1.82. The molecule has 1 N–H and O–H groups in total. The molecule has 5 heteroatoms. The van der Waals surface area contributed by atoms with Crippen molar-refractivity contribution in [3.05, 3.63) is 29.3 Å². The van der Waals surface area contributed by atoms with E-state index in [2.05, 4.69) is 5.32 Å².